The average Bonchev–Trinajstić information content (AvgIpc) is 2.86. The van der Waals surface area contributed by atoms with Gasteiger partial charge in [0.05, 0.1) is 0 Å². The van der Waals surface area contributed by atoms with Gasteiger partial charge >= 0.3 is 0 Å². The van der Waals surface area contributed by atoms with Gasteiger partial charge in [0.1, 0.15) is 5.82 Å². The molecule has 1 aromatic rings. The molecule has 1 aliphatic carbocycles. The zero-order chi connectivity index (χ0) is 9.97. The van der Waals surface area contributed by atoms with Crippen molar-refractivity contribution in [2.24, 2.45) is 5.92 Å². The third-order valence-corrected chi connectivity index (χ3v) is 2.84. The van der Waals surface area contributed by atoms with Crippen LogP contribution in [-0.4, -0.2) is 6.54 Å². The predicted molar refractivity (Wildman–Crippen MR) is 58.5 cm³/mol. The summed E-state index contributed by atoms with van der Waals surface area (Å²) >= 11 is 3.28. The molecule has 0 unspecified atom stereocenters. The standard InChI is InChI=1S/C11H13BrFN/c12-10-3-9(4-11(13)5-10)7-14-6-8-1-2-8/h3-5,8,14H,1-2,6-7H2. The molecule has 0 aromatic heterocycles. The minimum absolute atomic E-state index is 0.178. The van der Waals surface area contributed by atoms with E-state index < -0.39 is 0 Å². The first kappa shape index (κ1) is 10.1. The maximum absolute atomic E-state index is 13.0. The second-order valence-electron chi connectivity index (χ2n) is 3.85. The van der Waals surface area contributed by atoms with Crippen LogP contribution in [-0.2, 0) is 6.54 Å². The number of halogens is 2. The zero-order valence-corrected chi connectivity index (χ0v) is 9.48. The van der Waals surface area contributed by atoms with E-state index in [9.17, 15) is 4.39 Å². The van der Waals surface area contributed by atoms with Crippen molar-refractivity contribution in [3.63, 3.8) is 0 Å². The van der Waals surface area contributed by atoms with E-state index in [0.29, 0.717) is 0 Å². The van der Waals surface area contributed by atoms with Crippen molar-refractivity contribution in [3.8, 4) is 0 Å². The van der Waals surface area contributed by atoms with Crippen LogP contribution in [0.15, 0.2) is 22.7 Å². The highest BCUT2D eigenvalue weighted by molar-refractivity contribution is 9.10. The summed E-state index contributed by atoms with van der Waals surface area (Å²) in [5.74, 6) is 0.689. The third-order valence-electron chi connectivity index (χ3n) is 2.38. The molecular formula is C11H13BrFN. The topological polar surface area (TPSA) is 12.0 Å². The Morgan fingerprint density at radius 1 is 1.36 bits per heavy atom. The van der Waals surface area contributed by atoms with Crippen molar-refractivity contribution in [3.05, 3.63) is 34.1 Å². The fourth-order valence-corrected chi connectivity index (χ4v) is 1.97. The molecule has 0 atom stereocenters. The zero-order valence-electron chi connectivity index (χ0n) is 7.89. The van der Waals surface area contributed by atoms with Crippen LogP contribution in [0.4, 0.5) is 4.39 Å². The van der Waals surface area contributed by atoms with Crippen molar-refractivity contribution in [1.82, 2.24) is 5.32 Å². The van der Waals surface area contributed by atoms with Gasteiger partial charge in [0, 0.05) is 11.0 Å². The van der Waals surface area contributed by atoms with E-state index in [1.807, 2.05) is 6.07 Å². The molecule has 1 saturated carbocycles. The maximum atomic E-state index is 13.0. The van der Waals surface area contributed by atoms with E-state index in [4.69, 9.17) is 0 Å². The van der Waals surface area contributed by atoms with E-state index in [2.05, 4.69) is 21.2 Å². The molecular weight excluding hydrogens is 245 g/mol. The lowest BCUT2D eigenvalue weighted by molar-refractivity contribution is 0.612. The number of rotatable bonds is 4. The molecule has 0 heterocycles. The lowest BCUT2D eigenvalue weighted by atomic mass is 10.2. The molecule has 1 N–H and O–H groups in total. The van der Waals surface area contributed by atoms with E-state index in [1.165, 1.54) is 18.9 Å². The SMILES string of the molecule is Fc1cc(Br)cc(CNCC2CC2)c1. The van der Waals surface area contributed by atoms with Gasteiger partial charge in [-0.15, -0.1) is 0 Å². The lowest BCUT2D eigenvalue weighted by Gasteiger charge is -2.04. The van der Waals surface area contributed by atoms with Crippen LogP contribution in [0.1, 0.15) is 18.4 Å². The lowest BCUT2D eigenvalue weighted by Crippen LogP contribution is -2.16. The fourth-order valence-electron chi connectivity index (χ4n) is 1.46. The van der Waals surface area contributed by atoms with Crippen molar-refractivity contribution < 1.29 is 4.39 Å². The summed E-state index contributed by atoms with van der Waals surface area (Å²) in [6.07, 6.45) is 2.69. The van der Waals surface area contributed by atoms with Gasteiger partial charge in [0.2, 0.25) is 0 Å². The third kappa shape index (κ3) is 3.07. The average molecular weight is 258 g/mol. The van der Waals surface area contributed by atoms with Crippen LogP contribution in [0.25, 0.3) is 0 Å². The van der Waals surface area contributed by atoms with Gasteiger partial charge in [-0.1, -0.05) is 15.9 Å². The summed E-state index contributed by atoms with van der Waals surface area (Å²) < 4.78 is 13.8. The smallest absolute Gasteiger partial charge is 0.124 e. The quantitative estimate of drug-likeness (QED) is 0.875. The van der Waals surface area contributed by atoms with Crippen LogP contribution < -0.4 is 5.32 Å². The minimum Gasteiger partial charge on any atom is -0.312 e. The van der Waals surface area contributed by atoms with Crippen molar-refractivity contribution in [2.45, 2.75) is 19.4 Å². The van der Waals surface area contributed by atoms with Crippen molar-refractivity contribution in [2.75, 3.05) is 6.54 Å². The van der Waals surface area contributed by atoms with Crippen LogP contribution in [0, 0.1) is 11.7 Å². The highest BCUT2D eigenvalue weighted by Crippen LogP contribution is 2.27. The fraction of sp³-hybridized carbons (Fsp3) is 0.455. The Morgan fingerprint density at radius 2 is 2.14 bits per heavy atom. The molecule has 0 aliphatic heterocycles. The van der Waals surface area contributed by atoms with E-state index in [0.717, 1.165) is 29.0 Å². The van der Waals surface area contributed by atoms with Crippen LogP contribution in [0.3, 0.4) is 0 Å². The molecule has 2 rings (SSSR count). The van der Waals surface area contributed by atoms with Gasteiger partial charge in [-0.05, 0) is 49.1 Å². The molecule has 0 amide bonds. The Labute approximate surface area is 91.8 Å². The highest BCUT2D eigenvalue weighted by Gasteiger charge is 2.20. The summed E-state index contributed by atoms with van der Waals surface area (Å²) in [5, 5.41) is 3.33. The molecule has 1 fully saturated rings. The van der Waals surface area contributed by atoms with Crippen LogP contribution in [0.2, 0.25) is 0 Å². The van der Waals surface area contributed by atoms with Gasteiger partial charge in [-0.2, -0.15) is 0 Å². The van der Waals surface area contributed by atoms with Gasteiger partial charge in [-0.3, -0.25) is 0 Å². The Morgan fingerprint density at radius 3 is 2.79 bits per heavy atom. The molecule has 0 radical (unpaired) electrons. The Balaban J connectivity index is 1.87. The summed E-state index contributed by atoms with van der Waals surface area (Å²) in [6.45, 7) is 1.82. The van der Waals surface area contributed by atoms with E-state index in [-0.39, 0.29) is 5.82 Å². The Bertz CT molecular complexity index is 303. The molecule has 0 saturated heterocycles. The highest BCUT2D eigenvalue weighted by atomic mass is 79.9. The minimum atomic E-state index is -0.178. The first-order chi connectivity index (χ1) is 6.74. The van der Waals surface area contributed by atoms with E-state index >= 15 is 0 Å². The predicted octanol–water partition coefficient (Wildman–Crippen LogP) is 3.09. The molecule has 1 aliphatic rings. The van der Waals surface area contributed by atoms with Gasteiger partial charge in [0.25, 0.3) is 0 Å². The van der Waals surface area contributed by atoms with Gasteiger partial charge < -0.3 is 5.32 Å². The van der Waals surface area contributed by atoms with Crippen LogP contribution >= 0.6 is 15.9 Å². The maximum Gasteiger partial charge on any atom is 0.124 e. The molecule has 1 aromatic carbocycles. The first-order valence-electron chi connectivity index (χ1n) is 4.90. The normalized spacial score (nSPS) is 15.9. The Hall–Kier alpha value is -0.410. The summed E-state index contributed by atoms with van der Waals surface area (Å²) in [7, 11) is 0. The summed E-state index contributed by atoms with van der Waals surface area (Å²) in [6, 6.07) is 5.00. The van der Waals surface area contributed by atoms with E-state index in [1.54, 1.807) is 6.07 Å². The summed E-state index contributed by atoms with van der Waals surface area (Å²) in [5.41, 5.74) is 0.998. The molecule has 0 spiro atoms. The molecule has 0 bridgehead atoms. The van der Waals surface area contributed by atoms with Crippen molar-refractivity contribution >= 4 is 15.9 Å². The number of hydrogen-bond acceptors (Lipinski definition) is 1. The second kappa shape index (κ2) is 4.41. The number of nitrogens with one attached hydrogen (secondary N) is 1. The second-order valence-corrected chi connectivity index (χ2v) is 4.77. The molecule has 14 heavy (non-hydrogen) atoms. The summed E-state index contributed by atoms with van der Waals surface area (Å²) in [4.78, 5) is 0. The van der Waals surface area contributed by atoms with Crippen LogP contribution in [0.5, 0.6) is 0 Å². The monoisotopic (exact) mass is 257 g/mol. The van der Waals surface area contributed by atoms with Gasteiger partial charge in [-0.25, -0.2) is 4.39 Å². The molecule has 3 heteroatoms. The molecule has 76 valence electrons. The molecule has 1 nitrogen and oxygen atoms in total. The largest absolute Gasteiger partial charge is 0.312 e. The van der Waals surface area contributed by atoms with Crippen molar-refractivity contribution in [1.29, 1.82) is 0 Å². The Kier molecular flexibility index (Phi) is 3.19. The first-order valence-corrected chi connectivity index (χ1v) is 5.69. The van der Waals surface area contributed by atoms with Gasteiger partial charge in [0.15, 0.2) is 0 Å². The number of hydrogen-bond donors (Lipinski definition) is 1. The number of benzene rings is 1.